The van der Waals surface area contributed by atoms with Crippen molar-refractivity contribution in [2.24, 2.45) is 0 Å². The van der Waals surface area contributed by atoms with Gasteiger partial charge in [-0.05, 0) is 54.7 Å². The number of carbonyl (C=O) groups is 2. The molecule has 4 rings (SSSR count). The molecule has 1 fully saturated rings. The van der Waals surface area contributed by atoms with Crippen LogP contribution in [-0.4, -0.2) is 26.0 Å². The first-order valence-corrected chi connectivity index (χ1v) is 12.7. The number of sulfone groups is 1. The Labute approximate surface area is 194 Å². The van der Waals surface area contributed by atoms with E-state index in [0.29, 0.717) is 23.4 Å². The quantitative estimate of drug-likeness (QED) is 0.500. The molecular formula is C26H26N2O4S. The Balaban J connectivity index is 1.43. The Morgan fingerprint density at radius 2 is 1.61 bits per heavy atom. The van der Waals surface area contributed by atoms with Crippen LogP contribution >= 0.6 is 0 Å². The van der Waals surface area contributed by atoms with Gasteiger partial charge in [-0.15, -0.1) is 0 Å². The van der Waals surface area contributed by atoms with Crippen molar-refractivity contribution in [1.82, 2.24) is 0 Å². The molecule has 0 aliphatic carbocycles. The van der Waals surface area contributed by atoms with Gasteiger partial charge < -0.3 is 5.32 Å². The topological polar surface area (TPSA) is 83.6 Å². The molecule has 1 unspecified atom stereocenters. The van der Waals surface area contributed by atoms with Crippen LogP contribution in [0.15, 0.2) is 84.9 Å². The third-order valence-corrected chi connectivity index (χ3v) is 7.43. The number of amides is 2. The van der Waals surface area contributed by atoms with E-state index >= 15 is 0 Å². The fourth-order valence-corrected chi connectivity index (χ4v) is 5.85. The summed E-state index contributed by atoms with van der Waals surface area (Å²) in [5.41, 5.74) is 2.75. The third kappa shape index (κ3) is 5.49. The lowest BCUT2D eigenvalue weighted by atomic mass is 10.1. The van der Waals surface area contributed by atoms with Crippen molar-refractivity contribution in [3.63, 3.8) is 0 Å². The van der Waals surface area contributed by atoms with E-state index in [1.165, 1.54) is 10.5 Å². The van der Waals surface area contributed by atoms with E-state index in [1.54, 1.807) is 48.5 Å². The first-order valence-electron chi connectivity index (χ1n) is 11.0. The molecule has 0 aromatic heterocycles. The zero-order valence-electron chi connectivity index (χ0n) is 18.2. The van der Waals surface area contributed by atoms with E-state index in [1.807, 2.05) is 24.3 Å². The van der Waals surface area contributed by atoms with E-state index in [0.717, 1.165) is 19.3 Å². The lowest BCUT2D eigenvalue weighted by Crippen LogP contribution is -2.29. The van der Waals surface area contributed by atoms with Gasteiger partial charge in [0.1, 0.15) is 5.75 Å². The number of benzene rings is 3. The first-order chi connectivity index (χ1) is 15.9. The van der Waals surface area contributed by atoms with E-state index < -0.39 is 26.9 Å². The first kappa shape index (κ1) is 22.7. The van der Waals surface area contributed by atoms with Crippen LogP contribution in [0.5, 0.6) is 0 Å². The molecule has 3 aromatic carbocycles. The summed E-state index contributed by atoms with van der Waals surface area (Å²) in [6.07, 6.45) is 2.97. The molecule has 1 aliphatic rings. The Kier molecular flexibility index (Phi) is 6.89. The number of nitrogens with one attached hydrogen (secondary N) is 1. The number of carbonyl (C=O) groups excluding carboxylic acids is 2. The highest BCUT2D eigenvalue weighted by molar-refractivity contribution is 7.93. The molecule has 6 nitrogen and oxygen atoms in total. The van der Waals surface area contributed by atoms with Crippen LogP contribution in [-0.2, 0) is 25.8 Å². The predicted molar refractivity (Wildman–Crippen MR) is 130 cm³/mol. The summed E-state index contributed by atoms with van der Waals surface area (Å²) in [5.74, 6) is -1.12. The Morgan fingerprint density at radius 3 is 2.33 bits per heavy atom. The Morgan fingerprint density at radius 1 is 0.909 bits per heavy atom. The molecule has 1 saturated heterocycles. The van der Waals surface area contributed by atoms with Gasteiger partial charge in [0.15, 0.2) is 15.2 Å². The van der Waals surface area contributed by atoms with Crippen molar-refractivity contribution in [2.45, 2.75) is 31.1 Å². The van der Waals surface area contributed by atoms with Crippen LogP contribution in [0.4, 0.5) is 11.4 Å². The van der Waals surface area contributed by atoms with Gasteiger partial charge in [0.05, 0.1) is 0 Å². The molecule has 170 valence electrons. The number of hydrogen-bond acceptors (Lipinski definition) is 4. The second-order valence-corrected chi connectivity index (χ2v) is 10.2. The van der Waals surface area contributed by atoms with Gasteiger partial charge in [-0.2, -0.15) is 0 Å². The van der Waals surface area contributed by atoms with Crippen molar-refractivity contribution >= 4 is 33.0 Å². The SMILES string of the molecule is O=C(CCCCc1ccccc1)Nc1cccc(C2N(c3ccccc3)C(=O)CS2(=O)=O)c1. The maximum absolute atomic E-state index is 12.8. The van der Waals surface area contributed by atoms with Crippen molar-refractivity contribution < 1.29 is 18.0 Å². The number of unbranched alkanes of at least 4 members (excludes halogenated alkanes) is 1. The van der Waals surface area contributed by atoms with Gasteiger partial charge in [-0.1, -0.05) is 60.7 Å². The molecule has 0 bridgehead atoms. The summed E-state index contributed by atoms with van der Waals surface area (Å²) in [6.45, 7) is 0. The summed E-state index contributed by atoms with van der Waals surface area (Å²) >= 11 is 0. The fraction of sp³-hybridized carbons (Fsp3) is 0.231. The number of anilines is 2. The molecular weight excluding hydrogens is 436 g/mol. The van der Waals surface area contributed by atoms with Crippen LogP contribution < -0.4 is 10.2 Å². The van der Waals surface area contributed by atoms with E-state index in [4.69, 9.17) is 0 Å². The molecule has 0 radical (unpaired) electrons. The maximum atomic E-state index is 12.8. The summed E-state index contributed by atoms with van der Waals surface area (Å²) in [5, 5.41) is 1.74. The highest BCUT2D eigenvalue weighted by Gasteiger charge is 2.45. The third-order valence-electron chi connectivity index (χ3n) is 5.62. The molecule has 1 heterocycles. The van der Waals surface area contributed by atoms with Gasteiger partial charge in [0.25, 0.3) is 0 Å². The molecule has 7 heteroatoms. The minimum absolute atomic E-state index is 0.120. The van der Waals surface area contributed by atoms with Gasteiger partial charge in [-0.3, -0.25) is 14.5 Å². The molecule has 1 aliphatic heterocycles. The van der Waals surface area contributed by atoms with Crippen molar-refractivity contribution in [3.05, 3.63) is 96.1 Å². The average Bonchev–Trinajstić information content (AvgIpc) is 3.06. The minimum Gasteiger partial charge on any atom is -0.326 e. The largest absolute Gasteiger partial charge is 0.326 e. The van der Waals surface area contributed by atoms with Crippen molar-refractivity contribution in [1.29, 1.82) is 0 Å². The highest BCUT2D eigenvalue weighted by Crippen LogP contribution is 2.38. The predicted octanol–water partition coefficient (Wildman–Crippen LogP) is 4.50. The van der Waals surface area contributed by atoms with Crippen LogP contribution in [0.1, 0.15) is 35.8 Å². The van der Waals surface area contributed by atoms with Gasteiger partial charge in [0, 0.05) is 17.8 Å². The number of nitrogens with zero attached hydrogens (tertiary/aromatic N) is 1. The molecule has 2 amide bonds. The summed E-state index contributed by atoms with van der Waals surface area (Å²) in [7, 11) is -3.71. The summed E-state index contributed by atoms with van der Waals surface area (Å²) in [6, 6.07) is 25.6. The monoisotopic (exact) mass is 462 g/mol. The molecule has 33 heavy (non-hydrogen) atoms. The minimum atomic E-state index is -3.71. The molecule has 0 saturated carbocycles. The number of para-hydroxylation sites is 1. The Hall–Kier alpha value is -3.45. The number of hydrogen-bond donors (Lipinski definition) is 1. The van der Waals surface area contributed by atoms with Crippen molar-refractivity contribution in [2.75, 3.05) is 16.0 Å². The van der Waals surface area contributed by atoms with Crippen LogP contribution in [0, 0.1) is 0 Å². The van der Waals surface area contributed by atoms with E-state index in [2.05, 4.69) is 17.4 Å². The second kappa shape index (κ2) is 10.0. The number of aryl methyl sites for hydroxylation is 1. The van der Waals surface area contributed by atoms with Gasteiger partial charge in [0.2, 0.25) is 11.8 Å². The molecule has 1 N–H and O–H groups in total. The summed E-state index contributed by atoms with van der Waals surface area (Å²) < 4.78 is 25.7. The number of rotatable bonds is 8. The average molecular weight is 463 g/mol. The normalized spacial score (nSPS) is 17.2. The zero-order chi connectivity index (χ0) is 23.3. The highest BCUT2D eigenvalue weighted by atomic mass is 32.2. The molecule has 0 spiro atoms. The molecule has 3 aromatic rings. The van der Waals surface area contributed by atoms with Crippen LogP contribution in [0.3, 0.4) is 0 Å². The maximum Gasteiger partial charge on any atom is 0.243 e. The van der Waals surface area contributed by atoms with Gasteiger partial charge in [-0.25, -0.2) is 8.42 Å². The van der Waals surface area contributed by atoms with Crippen molar-refractivity contribution in [3.8, 4) is 0 Å². The Bertz CT molecular complexity index is 1230. The second-order valence-electron chi connectivity index (χ2n) is 8.13. The smallest absolute Gasteiger partial charge is 0.243 e. The van der Waals surface area contributed by atoms with Crippen LogP contribution in [0.25, 0.3) is 0 Å². The molecule has 1 atom stereocenters. The lowest BCUT2D eigenvalue weighted by molar-refractivity contribution is -0.117. The van der Waals surface area contributed by atoms with E-state index in [9.17, 15) is 18.0 Å². The standard InChI is InChI=1S/C26H26N2O4S/c29-24(17-8-7-12-20-10-3-1-4-11-20)27-22-14-9-13-21(18-22)26-28(23-15-5-2-6-16-23)25(30)19-33(26,31)32/h1-6,9-11,13-16,18,26H,7-8,12,17,19H2,(H,27,29). The zero-order valence-corrected chi connectivity index (χ0v) is 19.0. The fourth-order valence-electron chi connectivity index (χ4n) is 4.09. The summed E-state index contributed by atoms with van der Waals surface area (Å²) in [4.78, 5) is 26.3. The van der Waals surface area contributed by atoms with Crippen LogP contribution in [0.2, 0.25) is 0 Å². The van der Waals surface area contributed by atoms with E-state index in [-0.39, 0.29) is 5.91 Å². The lowest BCUT2D eigenvalue weighted by Gasteiger charge is -2.24. The van der Waals surface area contributed by atoms with Gasteiger partial charge >= 0.3 is 0 Å².